The van der Waals surface area contributed by atoms with E-state index in [4.69, 9.17) is 18.2 Å². The van der Waals surface area contributed by atoms with Gasteiger partial charge in [-0.1, -0.05) is 189 Å². The fourth-order valence-electron chi connectivity index (χ4n) is 8.72. The predicted molar refractivity (Wildman–Crippen MR) is 281 cm³/mol. The monoisotopic (exact) mass is 878 g/mol. The lowest BCUT2D eigenvalue weighted by atomic mass is 9.79. The van der Waals surface area contributed by atoms with Gasteiger partial charge in [0.25, 0.3) is 0 Å². The SMILES string of the molecule is [2H]C([2H])([2H])C(C)(c1cc(C(C)(C)C)cc(-c2nc3c(-c4cc(-c5cc(-c6ccc(C(C)(C)C)cc6)ccn5)cc(C(C)(C)C)c4)cccc3n2-c2ccc(C(C)(C)C)cc2-c2ccccc2)c1O)C([2H])([2H])[2H]. The summed E-state index contributed by atoms with van der Waals surface area (Å²) in [6.07, 6.45) is 1.87. The van der Waals surface area contributed by atoms with E-state index in [1.807, 2.05) is 74.0 Å². The van der Waals surface area contributed by atoms with Gasteiger partial charge in [-0.15, -0.1) is 0 Å². The lowest BCUT2D eigenvalue weighted by Crippen LogP contribution is -2.17. The van der Waals surface area contributed by atoms with Crippen molar-refractivity contribution in [1.29, 1.82) is 0 Å². The van der Waals surface area contributed by atoms with Crippen LogP contribution in [0.25, 0.3) is 72.7 Å². The van der Waals surface area contributed by atoms with E-state index in [2.05, 4.69) is 147 Å². The van der Waals surface area contributed by atoms with Crippen molar-refractivity contribution < 1.29 is 13.3 Å². The van der Waals surface area contributed by atoms with Crippen molar-refractivity contribution in [3.63, 3.8) is 0 Å². The molecule has 0 spiro atoms. The third-order valence-electron chi connectivity index (χ3n) is 12.9. The van der Waals surface area contributed by atoms with Gasteiger partial charge in [0.1, 0.15) is 11.6 Å². The van der Waals surface area contributed by atoms with E-state index >= 15 is 0 Å². The number of aromatic nitrogens is 3. The second-order valence-corrected chi connectivity index (χ2v) is 22.4. The van der Waals surface area contributed by atoms with Crippen molar-refractivity contribution in [2.75, 3.05) is 0 Å². The number of pyridine rings is 1. The quantitative estimate of drug-likeness (QED) is 0.181. The first kappa shape index (κ1) is 39.0. The average molecular weight is 878 g/mol. The summed E-state index contributed by atoms with van der Waals surface area (Å²) in [6.45, 7) is 20.9. The van der Waals surface area contributed by atoms with Crippen LogP contribution < -0.4 is 0 Å². The third-order valence-corrected chi connectivity index (χ3v) is 12.9. The van der Waals surface area contributed by atoms with E-state index in [0.29, 0.717) is 16.9 Å². The van der Waals surface area contributed by atoms with Crippen LogP contribution in [0, 0.1) is 0 Å². The van der Waals surface area contributed by atoms with E-state index in [-0.39, 0.29) is 27.4 Å². The molecule has 4 nitrogen and oxygen atoms in total. The number of fused-ring (bicyclic) bond motifs is 1. The summed E-state index contributed by atoms with van der Waals surface area (Å²) in [5.74, 6) is -0.111. The van der Waals surface area contributed by atoms with Crippen LogP contribution in [-0.4, -0.2) is 19.6 Å². The van der Waals surface area contributed by atoms with Crippen LogP contribution >= 0.6 is 0 Å². The molecule has 0 aliphatic rings. The lowest BCUT2D eigenvalue weighted by Gasteiger charge is -2.28. The van der Waals surface area contributed by atoms with Crippen LogP contribution in [0.5, 0.6) is 5.75 Å². The largest absolute Gasteiger partial charge is 0.507 e. The Morgan fingerprint density at radius 2 is 1.06 bits per heavy atom. The van der Waals surface area contributed by atoms with E-state index in [1.54, 1.807) is 6.07 Å². The number of phenolic OH excluding ortho intramolecular Hbond substituents is 1. The van der Waals surface area contributed by atoms with Gasteiger partial charge in [0.2, 0.25) is 0 Å². The van der Waals surface area contributed by atoms with Crippen LogP contribution in [0.1, 0.15) is 140 Å². The van der Waals surface area contributed by atoms with Crippen molar-refractivity contribution in [3.05, 3.63) is 167 Å². The summed E-state index contributed by atoms with van der Waals surface area (Å²) in [6, 6.07) is 45.6. The molecule has 0 amide bonds. The molecule has 4 heteroatoms. The minimum atomic E-state index is -3.03. The molecule has 8 aromatic rings. The van der Waals surface area contributed by atoms with Gasteiger partial charge in [0.05, 0.1) is 28.0 Å². The highest BCUT2D eigenvalue weighted by Gasteiger charge is 2.30. The van der Waals surface area contributed by atoms with E-state index in [1.165, 1.54) is 12.5 Å². The van der Waals surface area contributed by atoms with Gasteiger partial charge in [-0.25, -0.2) is 4.98 Å². The molecule has 2 heterocycles. The van der Waals surface area contributed by atoms with Gasteiger partial charge in [-0.05, 0) is 120 Å². The lowest BCUT2D eigenvalue weighted by molar-refractivity contribution is 0.446. The molecule has 8 rings (SSSR count). The molecule has 6 aromatic carbocycles. The zero-order chi connectivity index (χ0) is 52.7. The van der Waals surface area contributed by atoms with Crippen molar-refractivity contribution in [2.24, 2.45) is 0 Å². The molecule has 0 fully saturated rings. The number of nitrogens with zero attached hydrogens (tertiary/aromatic N) is 3. The van der Waals surface area contributed by atoms with Crippen LogP contribution in [0.3, 0.4) is 0 Å². The molecule has 66 heavy (non-hydrogen) atoms. The number of hydrogen-bond donors (Lipinski definition) is 1. The molecule has 0 saturated carbocycles. The first-order chi connectivity index (χ1) is 33.3. The maximum Gasteiger partial charge on any atom is 0.149 e. The molecule has 0 saturated heterocycles. The van der Waals surface area contributed by atoms with Gasteiger partial charge in [-0.2, -0.15) is 0 Å². The van der Waals surface area contributed by atoms with Gasteiger partial charge < -0.3 is 5.11 Å². The zero-order valence-corrected chi connectivity index (χ0v) is 41.1. The fourth-order valence-corrected chi connectivity index (χ4v) is 8.72. The minimum Gasteiger partial charge on any atom is -0.507 e. The summed E-state index contributed by atoms with van der Waals surface area (Å²) < 4.78 is 54.4. The second-order valence-electron chi connectivity index (χ2n) is 22.4. The Kier molecular flexibility index (Phi) is 9.78. The Balaban J connectivity index is 1.47. The molecule has 1 N–H and O–H groups in total. The maximum atomic E-state index is 12.8. The Bertz CT molecular complexity index is 3300. The van der Waals surface area contributed by atoms with Crippen LogP contribution in [-0.2, 0) is 27.1 Å². The number of para-hydroxylation sites is 1. The summed E-state index contributed by atoms with van der Waals surface area (Å²) in [4.78, 5) is 10.5. The van der Waals surface area contributed by atoms with E-state index in [9.17, 15) is 5.11 Å². The number of rotatable bonds is 6. The molecular weight excluding hydrogens is 803 g/mol. The third kappa shape index (κ3) is 9.12. The summed E-state index contributed by atoms with van der Waals surface area (Å²) in [5.41, 5.74) is 10.4. The van der Waals surface area contributed by atoms with Gasteiger partial charge >= 0.3 is 0 Å². The molecule has 0 aliphatic heterocycles. The molecule has 0 bridgehead atoms. The smallest absolute Gasteiger partial charge is 0.149 e. The molecule has 0 radical (unpaired) electrons. The van der Waals surface area contributed by atoms with Crippen LogP contribution in [0.15, 0.2) is 140 Å². The van der Waals surface area contributed by atoms with Crippen molar-refractivity contribution in [3.8, 4) is 67.5 Å². The maximum absolute atomic E-state index is 12.8. The Hall–Kier alpha value is -6.26. The van der Waals surface area contributed by atoms with Crippen molar-refractivity contribution in [1.82, 2.24) is 14.5 Å². The zero-order valence-electron chi connectivity index (χ0n) is 47.1. The fraction of sp³-hybridized carbons (Fsp3) is 0.323. The number of aromatic hydroxyl groups is 1. The Morgan fingerprint density at radius 1 is 0.455 bits per heavy atom. The number of phenols is 1. The molecule has 0 unspecified atom stereocenters. The second kappa shape index (κ2) is 16.6. The Labute approximate surface area is 403 Å². The van der Waals surface area contributed by atoms with Gasteiger partial charge in [-0.3, -0.25) is 9.55 Å². The summed E-state index contributed by atoms with van der Waals surface area (Å²) in [5, 5.41) is 12.8. The standard InChI is InChI=1S/C62H69N3O/c1-58(2,3)44-26-24-39(25-27-44)41-30-31-63-52(35-41)43-32-42(33-46(34-43)60(7,8)9)48-22-19-23-54-55(48)64-57(50-37-47(61(10,11)12)38-51(56(50)66)62(13,14)15)65(54)53-29-28-45(59(4,5)6)36-49(53)40-20-17-16-18-21-40/h16-38,66H,1-15H3/i13D3,14D3. The van der Waals surface area contributed by atoms with Crippen molar-refractivity contribution >= 4 is 11.0 Å². The minimum absolute atomic E-state index is 0.0345. The highest BCUT2D eigenvalue weighted by Crippen LogP contribution is 2.46. The summed E-state index contributed by atoms with van der Waals surface area (Å²) in [7, 11) is 0. The highest BCUT2D eigenvalue weighted by molar-refractivity contribution is 5.98. The Morgan fingerprint density at radius 3 is 1.70 bits per heavy atom. The van der Waals surface area contributed by atoms with Crippen molar-refractivity contribution in [2.45, 2.75) is 131 Å². The topological polar surface area (TPSA) is 50.9 Å². The first-order valence-electron chi connectivity index (χ1n) is 26.1. The number of imidazole rings is 1. The number of hydrogen-bond acceptors (Lipinski definition) is 3. The molecule has 0 aliphatic carbocycles. The highest BCUT2D eigenvalue weighted by atomic mass is 16.3. The molecule has 338 valence electrons. The average Bonchev–Trinajstić information content (AvgIpc) is 3.69. The molecule has 2 aromatic heterocycles. The van der Waals surface area contributed by atoms with Gasteiger partial charge in [0.15, 0.2) is 0 Å². The molecule has 0 atom stereocenters. The molecular formula is C62H69N3O. The van der Waals surface area contributed by atoms with Crippen LogP contribution in [0.4, 0.5) is 0 Å². The summed E-state index contributed by atoms with van der Waals surface area (Å²) >= 11 is 0. The van der Waals surface area contributed by atoms with E-state index < -0.39 is 30.3 Å². The van der Waals surface area contributed by atoms with E-state index in [0.717, 1.165) is 67.0 Å². The predicted octanol–water partition coefficient (Wildman–Crippen LogP) is 16.9. The first-order valence-corrected chi connectivity index (χ1v) is 23.1. The normalized spacial score (nSPS) is 14.6. The number of benzene rings is 6. The van der Waals surface area contributed by atoms with Gasteiger partial charge in [0, 0.05) is 36.7 Å². The van der Waals surface area contributed by atoms with Crippen LogP contribution in [0.2, 0.25) is 0 Å².